The van der Waals surface area contributed by atoms with Crippen LogP contribution in [0, 0.1) is 12.7 Å². The maximum absolute atomic E-state index is 13.0. The fraction of sp³-hybridized carbons (Fsp3) is 0.250. The molecule has 0 unspecified atom stereocenters. The lowest BCUT2D eigenvalue weighted by molar-refractivity contribution is -0.129. The zero-order valence-electron chi connectivity index (χ0n) is 12.4. The summed E-state index contributed by atoms with van der Waals surface area (Å²) in [4.78, 5) is 25.2. The molecule has 0 aliphatic rings. The van der Waals surface area contributed by atoms with Crippen molar-refractivity contribution in [2.45, 2.75) is 13.5 Å². The predicted molar refractivity (Wildman–Crippen MR) is 78.7 cm³/mol. The number of nitrogens with one attached hydrogen (secondary N) is 1. The van der Waals surface area contributed by atoms with E-state index in [1.54, 1.807) is 13.1 Å². The summed E-state index contributed by atoms with van der Waals surface area (Å²) in [6.45, 7) is 1.98. The van der Waals surface area contributed by atoms with Gasteiger partial charge in [0, 0.05) is 12.6 Å². The first-order chi connectivity index (χ1) is 10.5. The molecule has 0 aliphatic carbocycles. The van der Waals surface area contributed by atoms with E-state index in [0.29, 0.717) is 12.3 Å². The molecule has 1 aromatic heterocycles. The zero-order chi connectivity index (χ0) is 16.1. The molecule has 116 valence electrons. The van der Waals surface area contributed by atoms with Gasteiger partial charge < -0.3 is 14.6 Å². The van der Waals surface area contributed by atoms with Gasteiger partial charge in [0.25, 0.3) is 5.91 Å². The second-order valence-corrected chi connectivity index (χ2v) is 4.96. The third-order valence-electron chi connectivity index (χ3n) is 3.10. The molecule has 0 atom stereocenters. The molecule has 2 amide bonds. The maximum atomic E-state index is 13.0. The minimum absolute atomic E-state index is 0.161. The molecule has 2 aromatic rings. The highest BCUT2D eigenvalue weighted by atomic mass is 19.1. The summed E-state index contributed by atoms with van der Waals surface area (Å²) in [5, 5.41) is 2.47. The number of aryl methyl sites for hydroxylation is 1. The van der Waals surface area contributed by atoms with Crippen molar-refractivity contribution in [3.8, 4) is 0 Å². The quantitative estimate of drug-likeness (QED) is 0.920. The van der Waals surface area contributed by atoms with Crippen molar-refractivity contribution in [2.24, 2.45) is 0 Å². The largest absolute Gasteiger partial charge is 0.464 e. The van der Waals surface area contributed by atoms with Crippen LogP contribution in [0.2, 0.25) is 0 Å². The molecule has 1 heterocycles. The number of carbonyl (C=O) groups is 2. The summed E-state index contributed by atoms with van der Waals surface area (Å²) in [5.74, 6) is 0.193. The number of halogens is 1. The van der Waals surface area contributed by atoms with E-state index in [-0.39, 0.29) is 18.0 Å². The van der Waals surface area contributed by atoms with Crippen LogP contribution in [0.1, 0.15) is 21.9 Å². The van der Waals surface area contributed by atoms with Crippen molar-refractivity contribution in [2.75, 3.05) is 13.6 Å². The fourth-order valence-electron chi connectivity index (χ4n) is 1.91. The number of likely N-dealkylation sites (N-methyl/N-ethyl adjacent to an activating group) is 1. The Hall–Kier alpha value is -2.63. The van der Waals surface area contributed by atoms with Crippen LogP contribution >= 0.6 is 0 Å². The lowest BCUT2D eigenvalue weighted by Gasteiger charge is -2.16. The number of rotatable bonds is 5. The van der Waals surface area contributed by atoms with Crippen LogP contribution in [0.3, 0.4) is 0 Å². The molecular weight excluding hydrogens is 287 g/mol. The van der Waals surface area contributed by atoms with E-state index >= 15 is 0 Å². The summed E-state index contributed by atoms with van der Waals surface area (Å²) in [7, 11) is 1.62. The molecule has 2 rings (SSSR count). The molecule has 1 aromatic carbocycles. The molecule has 0 bridgehead atoms. The van der Waals surface area contributed by atoms with Gasteiger partial charge in [0.2, 0.25) is 5.91 Å². The van der Waals surface area contributed by atoms with Gasteiger partial charge in [0.15, 0.2) is 0 Å². The van der Waals surface area contributed by atoms with Gasteiger partial charge in [-0.25, -0.2) is 4.39 Å². The first-order valence-electron chi connectivity index (χ1n) is 6.79. The molecule has 0 spiro atoms. The molecule has 6 heteroatoms. The number of carbonyl (C=O) groups excluding carboxylic acids is 2. The molecule has 0 aliphatic heterocycles. The summed E-state index contributed by atoms with van der Waals surface area (Å²) < 4.78 is 18.4. The van der Waals surface area contributed by atoms with E-state index in [9.17, 15) is 14.0 Å². The van der Waals surface area contributed by atoms with Crippen molar-refractivity contribution < 1.29 is 18.4 Å². The molecule has 1 N–H and O–H groups in total. The Kier molecular flexibility index (Phi) is 4.93. The fourth-order valence-corrected chi connectivity index (χ4v) is 1.91. The Morgan fingerprint density at radius 3 is 2.68 bits per heavy atom. The van der Waals surface area contributed by atoms with Gasteiger partial charge in [0.05, 0.1) is 13.1 Å². The molecule has 22 heavy (non-hydrogen) atoms. The summed E-state index contributed by atoms with van der Waals surface area (Å²) in [5.41, 5.74) is 0.178. The Morgan fingerprint density at radius 1 is 1.27 bits per heavy atom. The van der Waals surface area contributed by atoms with E-state index in [0.717, 1.165) is 11.8 Å². The minimum Gasteiger partial charge on any atom is -0.464 e. The topological polar surface area (TPSA) is 62.6 Å². The van der Waals surface area contributed by atoms with Crippen molar-refractivity contribution >= 4 is 11.8 Å². The molecule has 0 radical (unpaired) electrons. The lowest BCUT2D eigenvalue weighted by Crippen LogP contribution is -2.37. The number of hydrogen-bond acceptors (Lipinski definition) is 3. The van der Waals surface area contributed by atoms with E-state index in [1.807, 2.05) is 13.0 Å². The lowest BCUT2D eigenvalue weighted by atomic mass is 10.2. The standard InChI is InChI=1S/C16H17FN2O3/c1-11-6-7-14(22-11)10-19(2)15(20)9-18-16(21)12-4-3-5-13(17)8-12/h3-8H,9-10H2,1-2H3,(H,18,21). The summed E-state index contributed by atoms with van der Waals surface area (Å²) >= 11 is 0. The Morgan fingerprint density at radius 2 is 2.05 bits per heavy atom. The highest BCUT2D eigenvalue weighted by Crippen LogP contribution is 2.08. The van der Waals surface area contributed by atoms with E-state index in [4.69, 9.17) is 4.42 Å². The van der Waals surface area contributed by atoms with Crippen LogP contribution in [0.15, 0.2) is 40.8 Å². The Bertz CT molecular complexity index is 682. The highest BCUT2D eigenvalue weighted by Gasteiger charge is 2.13. The first-order valence-corrected chi connectivity index (χ1v) is 6.79. The van der Waals surface area contributed by atoms with Gasteiger partial charge in [-0.15, -0.1) is 0 Å². The summed E-state index contributed by atoms with van der Waals surface area (Å²) in [6, 6.07) is 8.91. The normalized spacial score (nSPS) is 10.3. The van der Waals surface area contributed by atoms with Crippen LogP contribution in [-0.2, 0) is 11.3 Å². The number of hydrogen-bond donors (Lipinski definition) is 1. The van der Waals surface area contributed by atoms with E-state index in [1.165, 1.54) is 23.1 Å². The number of furan rings is 1. The molecule has 0 saturated carbocycles. The zero-order valence-corrected chi connectivity index (χ0v) is 12.4. The van der Waals surface area contributed by atoms with E-state index < -0.39 is 11.7 Å². The average Bonchev–Trinajstić information content (AvgIpc) is 2.89. The van der Waals surface area contributed by atoms with Crippen molar-refractivity contribution in [3.05, 3.63) is 59.3 Å². The third kappa shape index (κ3) is 4.18. The highest BCUT2D eigenvalue weighted by molar-refractivity contribution is 5.96. The van der Waals surface area contributed by atoms with Gasteiger partial charge >= 0.3 is 0 Å². The number of amides is 2. The Labute approximate surface area is 127 Å². The van der Waals surface area contributed by atoms with Gasteiger partial charge in [-0.05, 0) is 37.3 Å². The molecule has 0 fully saturated rings. The second-order valence-electron chi connectivity index (χ2n) is 4.96. The van der Waals surface area contributed by atoms with Gasteiger partial charge in [0.1, 0.15) is 17.3 Å². The van der Waals surface area contributed by atoms with Crippen LogP contribution in [0.4, 0.5) is 4.39 Å². The van der Waals surface area contributed by atoms with Crippen LogP contribution < -0.4 is 5.32 Å². The SMILES string of the molecule is Cc1ccc(CN(C)C(=O)CNC(=O)c2cccc(F)c2)o1. The number of nitrogens with zero attached hydrogens (tertiary/aromatic N) is 1. The monoisotopic (exact) mass is 304 g/mol. The molecular formula is C16H17FN2O3. The van der Waals surface area contributed by atoms with Gasteiger partial charge in [-0.2, -0.15) is 0 Å². The van der Waals surface area contributed by atoms with Gasteiger partial charge in [-0.1, -0.05) is 6.07 Å². The van der Waals surface area contributed by atoms with Crippen LogP contribution in [0.25, 0.3) is 0 Å². The average molecular weight is 304 g/mol. The predicted octanol–water partition coefficient (Wildman–Crippen LogP) is 2.12. The maximum Gasteiger partial charge on any atom is 0.251 e. The first kappa shape index (κ1) is 15.8. The molecule has 5 nitrogen and oxygen atoms in total. The van der Waals surface area contributed by atoms with Crippen molar-refractivity contribution in [1.82, 2.24) is 10.2 Å². The van der Waals surface area contributed by atoms with Crippen molar-refractivity contribution in [3.63, 3.8) is 0 Å². The van der Waals surface area contributed by atoms with E-state index in [2.05, 4.69) is 5.32 Å². The molecule has 0 saturated heterocycles. The van der Waals surface area contributed by atoms with Crippen molar-refractivity contribution in [1.29, 1.82) is 0 Å². The third-order valence-corrected chi connectivity index (χ3v) is 3.10. The van der Waals surface area contributed by atoms with Gasteiger partial charge in [-0.3, -0.25) is 9.59 Å². The van der Waals surface area contributed by atoms with Crippen LogP contribution in [0.5, 0.6) is 0 Å². The smallest absolute Gasteiger partial charge is 0.251 e. The second kappa shape index (κ2) is 6.89. The Balaban J connectivity index is 1.85. The van der Waals surface area contributed by atoms with Crippen LogP contribution in [-0.4, -0.2) is 30.3 Å². The number of benzene rings is 1. The minimum atomic E-state index is -0.496. The summed E-state index contributed by atoms with van der Waals surface area (Å²) in [6.07, 6.45) is 0.